The number of nitrogens with one attached hydrogen (secondary N) is 2. The number of hydrogen-bond donors (Lipinski definition) is 2. The van der Waals surface area contributed by atoms with Crippen molar-refractivity contribution in [2.45, 2.75) is 57.8 Å². The third kappa shape index (κ3) is 8.63. The highest BCUT2D eigenvalue weighted by molar-refractivity contribution is 6.13. The molecule has 2 N–H and O–H groups in total. The molecule has 3 saturated heterocycles. The van der Waals surface area contributed by atoms with E-state index < -0.39 is 41.3 Å². The van der Waals surface area contributed by atoms with Crippen LogP contribution in [0.5, 0.6) is 0 Å². The van der Waals surface area contributed by atoms with Crippen LogP contribution in [0, 0.1) is 17.7 Å². The van der Waals surface area contributed by atoms with Gasteiger partial charge in [-0.05, 0) is 123 Å². The van der Waals surface area contributed by atoms with Gasteiger partial charge in [-0.2, -0.15) is 18.3 Å². The number of rotatable bonds is 11. The number of aromatic nitrogens is 6. The molecule has 3 aliphatic heterocycles. The summed E-state index contributed by atoms with van der Waals surface area (Å²) in [5, 5.41) is 9.13. The molecule has 10 rings (SSSR count). The second-order valence-electron chi connectivity index (χ2n) is 18.7. The van der Waals surface area contributed by atoms with Gasteiger partial charge < -0.3 is 19.7 Å². The van der Waals surface area contributed by atoms with Gasteiger partial charge in [0.2, 0.25) is 11.8 Å². The fraction of sp³-hybridized carbons (Fsp3) is 0.353. The molecule has 0 spiro atoms. The van der Waals surface area contributed by atoms with E-state index in [1.54, 1.807) is 58.3 Å². The summed E-state index contributed by atoms with van der Waals surface area (Å²) in [6.07, 6.45) is -0.489. The molecule has 0 aliphatic carbocycles. The second-order valence-corrected chi connectivity index (χ2v) is 18.7. The van der Waals surface area contributed by atoms with Gasteiger partial charge in [-0.1, -0.05) is 24.3 Å². The lowest BCUT2D eigenvalue weighted by molar-refractivity contribution is -0.138. The van der Waals surface area contributed by atoms with Gasteiger partial charge in [0.15, 0.2) is 0 Å². The fourth-order valence-corrected chi connectivity index (χ4v) is 10.7. The first kappa shape index (κ1) is 47.1. The van der Waals surface area contributed by atoms with Crippen LogP contribution in [0.4, 0.5) is 23.2 Å². The van der Waals surface area contributed by atoms with E-state index in [0.717, 1.165) is 61.8 Å². The van der Waals surface area contributed by atoms with Crippen molar-refractivity contribution in [1.29, 1.82) is 0 Å². The average molecular weight is 975 g/mol. The van der Waals surface area contributed by atoms with Crippen LogP contribution in [0.3, 0.4) is 0 Å². The Morgan fingerprint density at radius 1 is 0.845 bits per heavy atom. The van der Waals surface area contributed by atoms with Crippen molar-refractivity contribution in [1.82, 2.24) is 43.2 Å². The van der Waals surface area contributed by atoms with Crippen molar-refractivity contribution in [3.63, 3.8) is 0 Å². The van der Waals surface area contributed by atoms with Gasteiger partial charge in [0.25, 0.3) is 11.8 Å². The Bertz CT molecular complexity index is 3410. The maximum Gasteiger partial charge on any atom is 0.416 e. The lowest BCUT2D eigenvalue weighted by Gasteiger charge is -2.46. The molecule has 16 nitrogen and oxygen atoms in total. The summed E-state index contributed by atoms with van der Waals surface area (Å²) >= 11 is 0. The number of hydrogen-bond acceptors (Lipinski definition) is 8. The highest BCUT2D eigenvalue weighted by Crippen LogP contribution is 2.38. The highest BCUT2D eigenvalue weighted by atomic mass is 19.4. The summed E-state index contributed by atoms with van der Waals surface area (Å²) < 4.78 is 65.7. The van der Waals surface area contributed by atoms with Crippen molar-refractivity contribution in [3.05, 3.63) is 134 Å². The molecule has 7 aromatic rings. The van der Waals surface area contributed by atoms with E-state index in [1.807, 2.05) is 18.2 Å². The number of likely N-dealkylation sites (tertiary alicyclic amines) is 2. The molecule has 3 fully saturated rings. The summed E-state index contributed by atoms with van der Waals surface area (Å²) in [4.78, 5) is 82.1. The highest BCUT2D eigenvalue weighted by Gasteiger charge is 2.39. The normalized spacial score (nSPS) is 17.3. The third-order valence-electron chi connectivity index (χ3n) is 14.5. The summed E-state index contributed by atoms with van der Waals surface area (Å²) in [6.45, 7) is 5.38. The molecule has 20 heteroatoms. The topological polar surface area (TPSA) is 170 Å². The van der Waals surface area contributed by atoms with E-state index in [9.17, 15) is 41.9 Å². The van der Waals surface area contributed by atoms with Gasteiger partial charge >= 0.3 is 17.6 Å². The zero-order valence-corrected chi connectivity index (χ0v) is 39.1. The van der Waals surface area contributed by atoms with Crippen LogP contribution < -0.4 is 22.0 Å². The van der Waals surface area contributed by atoms with Crippen molar-refractivity contribution < 1.29 is 36.7 Å². The minimum Gasteiger partial charge on any atom is -0.340 e. The molecule has 1 atom stereocenters. The Labute approximate surface area is 403 Å². The van der Waals surface area contributed by atoms with Crippen molar-refractivity contribution >= 4 is 51.3 Å². The van der Waals surface area contributed by atoms with Gasteiger partial charge in [0, 0.05) is 63.5 Å². The molecular weight excluding hydrogens is 925 g/mol. The fourth-order valence-electron chi connectivity index (χ4n) is 10.7. The molecule has 71 heavy (non-hydrogen) atoms. The maximum atomic E-state index is 15.4. The number of alkyl halides is 3. The minimum atomic E-state index is -4.78. The van der Waals surface area contributed by atoms with E-state index in [2.05, 4.69) is 20.6 Å². The predicted molar refractivity (Wildman–Crippen MR) is 256 cm³/mol. The van der Waals surface area contributed by atoms with Crippen molar-refractivity contribution in [3.8, 4) is 16.9 Å². The van der Waals surface area contributed by atoms with Gasteiger partial charge in [0.05, 0.1) is 38.9 Å². The van der Waals surface area contributed by atoms with Gasteiger partial charge in [0.1, 0.15) is 18.2 Å². The van der Waals surface area contributed by atoms with Crippen molar-refractivity contribution in [2.75, 3.05) is 38.0 Å². The Morgan fingerprint density at radius 2 is 1.59 bits per heavy atom. The summed E-state index contributed by atoms with van der Waals surface area (Å²) in [7, 11) is 3.22. The molecule has 0 radical (unpaired) electrons. The lowest BCUT2D eigenvalue weighted by atomic mass is 9.79. The monoisotopic (exact) mass is 974 g/mol. The van der Waals surface area contributed by atoms with E-state index in [4.69, 9.17) is 0 Å². The third-order valence-corrected chi connectivity index (χ3v) is 14.5. The molecule has 3 aromatic heterocycles. The summed E-state index contributed by atoms with van der Waals surface area (Å²) in [5.74, 6) is -2.48. The number of para-hydroxylation sites is 1. The number of carbonyl (C=O) groups is 4. The minimum absolute atomic E-state index is 0.0381. The van der Waals surface area contributed by atoms with Gasteiger partial charge in [-0.3, -0.25) is 33.6 Å². The largest absolute Gasteiger partial charge is 0.416 e. The van der Waals surface area contributed by atoms with E-state index in [-0.39, 0.29) is 70.3 Å². The lowest BCUT2D eigenvalue weighted by Crippen LogP contribution is -2.54. The van der Waals surface area contributed by atoms with Crippen LogP contribution in [0.1, 0.15) is 70.5 Å². The Balaban J connectivity index is 0.786. The number of nitrogens with zero attached hydrogens (tertiary/aromatic N) is 8. The van der Waals surface area contributed by atoms with E-state index in [0.29, 0.717) is 47.9 Å². The number of aryl methyl sites for hydroxylation is 3. The van der Waals surface area contributed by atoms with Crippen LogP contribution >= 0.6 is 0 Å². The predicted octanol–water partition coefficient (Wildman–Crippen LogP) is 6.28. The van der Waals surface area contributed by atoms with Gasteiger partial charge in [-0.15, -0.1) is 0 Å². The molecule has 0 bridgehead atoms. The Morgan fingerprint density at radius 3 is 2.27 bits per heavy atom. The van der Waals surface area contributed by atoms with Crippen LogP contribution in [0.2, 0.25) is 0 Å². The summed E-state index contributed by atoms with van der Waals surface area (Å²) in [6, 6.07) is 18.7. The van der Waals surface area contributed by atoms with Crippen LogP contribution in [-0.2, 0) is 42.8 Å². The molecule has 0 saturated carbocycles. The number of imidazole rings is 1. The number of piperidine rings is 2. The maximum absolute atomic E-state index is 15.4. The van der Waals surface area contributed by atoms with E-state index >= 15 is 4.39 Å². The smallest absolute Gasteiger partial charge is 0.340 e. The molecule has 4 amide bonds. The number of halogens is 4. The number of carbonyl (C=O) groups excluding carboxylic acids is 4. The van der Waals surface area contributed by atoms with Crippen LogP contribution in [0.25, 0.3) is 38.9 Å². The standard InChI is InChI=1S/C51H50F4N10O6/c1-4-63-42(30-8-11-36(12-9-30)64-28-56-60(3)50(64)71)23-32-22-34(51(53,54)55)24-38(44(32)63)46(67)57-35-10-13-39(52)37(25-35)48(69)62-26-33(27-62)29-16-19-61(20-17-29)21-18-31-6-5-7-40-45(31)59(2)49(70)65(40)41-14-15-43(66)58-47(41)68/h5-13,22-25,28-29,33,41H,4,14-21,26-27H2,1-3H3,(H,57,67)(H,58,66,68). The second kappa shape index (κ2) is 18.3. The molecular formula is C51H50F4N10O6. The zero-order chi connectivity index (χ0) is 50.0. The quantitative estimate of drug-likeness (QED) is 0.113. The molecule has 4 aromatic carbocycles. The van der Waals surface area contributed by atoms with Crippen molar-refractivity contribution in [2.24, 2.45) is 25.9 Å². The molecule has 368 valence electrons. The van der Waals surface area contributed by atoms with Crippen LogP contribution in [0.15, 0.2) is 94.8 Å². The molecule has 3 aliphatic rings. The Hall–Kier alpha value is -7.61. The number of anilines is 1. The SMILES string of the molecule is CCn1c(-c2ccc(-n3cnn(C)c3=O)cc2)cc2cc(C(F)(F)F)cc(C(=O)Nc3ccc(F)c(C(=O)N4CC(C5CCN(CCc6cccc7c6n(C)c(=O)n7C6CCC(=O)NC6=O)CC5)C4)c3)c21. The van der Waals surface area contributed by atoms with Gasteiger partial charge in [-0.25, -0.2) is 23.2 Å². The first-order valence-electron chi connectivity index (χ1n) is 23.6. The first-order valence-corrected chi connectivity index (χ1v) is 23.6. The van der Waals surface area contributed by atoms with Crippen LogP contribution in [-0.4, -0.2) is 94.2 Å². The zero-order valence-electron chi connectivity index (χ0n) is 39.1. The number of benzene rings is 4. The first-order chi connectivity index (χ1) is 34.0. The molecule has 1 unspecified atom stereocenters. The molecule has 6 heterocycles. The average Bonchev–Trinajstić information content (AvgIpc) is 3.97. The summed E-state index contributed by atoms with van der Waals surface area (Å²) in [5.41, 5.74) is 2.17. The Kier molecular flexibility index (Phi) is 12.1. The number of amides is 4. The number of fused-ring (bicyclic) bond motifs is 2. The van der Waals surface area contributed by atoms with E-state index in [1.165, 1.54) is 39.3 Å². The number of imide groups is 1.